The van der Waals surface area contributed by atoms with Crippen molar-refractivity contribution in [3.05, 3.63) is 39.4 Å². The van der Waals surface area contributed by atoms with Crippen molar-refractivity contribution >= 4 is 22.5 Å². The topological polar surface area (TPSA) is 45.8 Å². The summed E-state index contributed by atoms with van der Waals surface area (Å²) in [6.07, 6.45) is 1.35. The third-order valence-electron chi connectivity index (χ3n) is 1.84. The number of H-pyrrole nitrogens is 1. The molecule has 0 aliphatic rings. The fourth-order valence-electron chi connectivity index (χ4n) is 1.27. The lowest BCUT2D eigenvalue weighted by Gasteiger charge is -1.99. The van der Waals surface area contributed by atoms with E-state index in [0.29, 0.717) is 15.9 Å². The molecule has 2 aromatic rings. The number of nitrogens with zero attached hydrogens (tertiary/aromatic N) is 1. The van der Waals surface area contributed by atoms with Crippen LogP contribution in [0.5, 0.6) is 0 Å². The van der Waals surface area contributed by atoms with Crippen LogP contribution in [0.25, 0.3) is 10.9 Å². The van der Waals surface area contributed by atoms with E-state index in [-0.39, 0.29) is 5.56 Å². The van der Waals surface area contributed by atoms with Gasteiger partial charge in [-0.3, -0.25) is 4.79 Å². The summed E-state index contributed by atoms with van der Waals surface area (Å²) in [7, 11) is 0. The van der Waals surface area contributed by atoms with E-state index in [0.717, 1.165) is 5.56 Å². The minimum atomic E-state index is -0.157. The van der Waals surface area contributed by atoms with Gasteiger partial charge in [-0.2, -0.15) is 0 Å². The SMILES string of the molecule is Cc1cc(Cl)c2nc[nH]c(=O)c2c1. The lowest BCUT2D eigenvalue weighted by Crippen LogP contribution is -2.06. The molecule has 0 saturated heterocycles. The van der Waals surface area contributed by atoms with Gasteiger partial charge in [-0.25, -0.2) is 4.98 Å². The van der Waals surface area contributed by atoms with Gasteiger partial charge in [0, 0.05) is 0 Å². The average Bonchev–Trinajstić information content (AvgIpc) is 2.07. The van der Waals surface area contributed by atoms with Crippen LogP contribution in [0, 0.1) is 6.92 Å². The molecule has 1 heterocycles. The highest BCUT2D eigenvalue weighted by Gasteiger charge is 2.03. The maximum absolute atomic E-state index is 11.3. The van der Waals surface area contributed by atoms with Crippen LogP contribution in [-0.2, 0) is 0 Å². The first-order valence-electron chi connectivity index (χ1n) is 3.82. The molecule has 0 spiro atoms. The molecule has 0 radical (unpaired) electrons. The maximum Gasteiger partial charge on any atom is 0.258 e. The molecule has 13 heavy (non-hydrogen) atoms. The Morgan fingerprint density at radius 3 is 3.00 bits per heavy atom. The number of aryl methyl sites for hydroxylation is 1. The van der Waals surface area contributed by atoms with Crippen molar-refractivity contribution < 1.29 is 0 Å². The van der Waals surface area contributed by atoms with Crippen molar-refractivity contribution in [1.29, 1.82) is 0 Å². The number of benzene rings is 1. The Morgan fingerprint density at radius 2 is 2.23 bits per heavy atom. The summed E-state index contributed by atoms with van der Waals surface area (Å²) in [5.74, 6) is 0. The normalized spacial score (nSPS) is 10.6. The molecule has 0 saturated carbocycles. The van der Waals surface area contributed by atoms with Gasteiger partial charge in [-0.15, -0.1) is 0 Å². The molecular formula is C9H7ClN2O. The second-order valence-electron chi connectivity index (χ2n) is 2.87. The molecule has 66 valence electrons. The summed E-state index contributed by atoms with van der Waals surface area (Å²) in [5, 5.41) is 1.05. The Bertz CT molecular complexity index is 518. The van der Waals surface area contributed by atoms with E-state index >= 15 is 0 Å². The summed E-state index contributed by atoms with van der Waals surface area (Å²) in [5.41, 5.74) is 1.35. The smallest absolute Gasteiger partial charge is 0.258 e. The fourth-order valence-corrected chi connectivity index (χ4v) is 1.59. The zero-order valence-electron chi connectivity index (χ0n) is 6.97. The number of hydrogen-bond acceptors (Lipinski definition) is 2. The van der Waals surface area contributed by atoms with Gasteiger partial charge in [0.15, 0.2) is 0 Å². The van der Waals surface area contributed by atoms with E-state index in [1.54, 1.807) is 12.1 Å². The zero-order chi connectivity index (χ0) is 9.42. The Kier molecular flexibility index (Phi) is 1.81. The first-order valence-corrected chi connectivity index (χ1v) is 4.20. The van der Waals surface area contributed by atoms with Crippen LogP contribution in [0.2, 0.25) is 5.02 Å². The van der Waals surface area contributed by atoms with Gasteiger partial charge in [0.25, 0.3) is 5.56 Å². The third-order valence-corrected chi connectivity index (χ3v) is 2.13. The molecule has 0 atom stereocenters. The van der Waals surface area contributed by atoms with Crippen molar-refractivity contribution in [2.75, 3.05) is 0 Å². The summed E-state index contributed by atoms with van der Waals surface area (Å²) in [4.78, 5) is 17.8. The minimum absolute atomic E-state index is 0.157. The lowest BCUT2D eigenvalue weighted by molar-refractivity contribution is 1.17. The molecular weight excluding hydrogens is 188 g/mol. The van der Waals surface area contributed by atoms with Crippen LogP contribution in [-0.4, -0.2) is 9.97 Å². The highest BCUT2D eigenvalue weighted by molar-refractivity contribution is 6.35. The second-order valence-corrected chi connectivity index (χ2v) is 3.28. The predicted octanol–water partition coefficient (Wildman–Crippen LogP) is 1.88. The number of aromatic amines is 1. The Morgan fingerprint density at radius 1 is 1.46 bits per heavy atom. The molecule has 0 bridgehead atoms. The second kappa shape index (κ2) is 2.85. The maximum atomic E-state index is 11.3. The molecule has 0 amide bonds. The van der Waals surface area contributed by atoms with Gasteiger partial charge in [0.2, 0.25) is 0 Å². The lowest BCUT2D eigenvalue weighted by atomic mass is 10.2. The van der Waals surface area contributed by atoms with E-state index in [2.05, 4.69) is 9.97 Å². The highest BCUT2D eigenvalue weighted by Crippen LogP contribution is 2.19. The van der Waals surface area contributed by atoms with Crippen LogP contribution >= 0.6 is 11.6 Å². The molecule has 1 aromatic heterocycles. The van der Waals surface area contributed by atoms with E-state index in [1.807, 2.05) is 6.92 Å². The molecule has 0 fully saturated rings. The van der Waals surface area contributed by atoms with Gasteiger partial charge < -0.3 is 4.98 Å². The van der Waals surface area contributed by atoms with E-state index in [1.165, 1.54) is 6.33 Å². The largest absolute Gasteiger partial charge is 0.313 e. The van der Waals surface area contributed by atoms with Gasteiger partial charge in [-0.05, 0) is 24.6 Å². The zero-order valence-corrected chi connectivity index (χ0v) is 7.72. The number of hydrogen-bond donors (Lipinski definition) is 1. The quantitative estimate of drug-likeness (QED) is 0.696. The monoisotopic (exact) mass is 194 g/mol. The van der Waals surface area contributed by atoms with Crippen molar-refractivity contribution in [2.24, 2.45) is 0 Å². The Labute approximate surface area is 79.4 Å². The van der Waals surface area contributed by atoms with Crippen molar-refractivity contribution in [2.45, 2.75) is 6.92 Å². The predicted molar refractivity (Wildman–Crippen MR) is 52.1 cm³/mol. The minimum Gasteiger partial charge on any atom is -0.313 e. The third kappa shape index (κ3) is 1.31. The number of fused-ring (bicyclic) bond motifs is 1. The highest BCUT2D eigenvalue weighted by atomic mass is 35.5. The molecule has 0 aliphatic heterocycles. The molecule has 2 rings (SSSR count). The van der Waals surface area contributed by atoms with Crippen LogP contribution in [0.1, 0.15) is 5.56 Å². The standard InChI is InChI=1S/C9H7ClN2O/c1-5-2-6-8(7(10)3-5)11-4-12-9(6)13/h2-4H,1H3,(H,11,12,13). The van der Waals surface area contributed by atoms with Crippen LogP contribution in [0.3, 0.4) is 0 Å². The number of rotatable bonds is 0. The van der Waals surface area contributed by atoms with Gasteiger partial charge in [-0.1, -0.05) is 11.6 Å². The number of aromatic nitrogens is 2. The average molecular weight is 195 g/mol. The van der Waals surface area contributed by atoms with Gasteiger partial charge >= 0.3 is 0 Å². The number of halogens is 1. The molecule has 1 N–H and O–H groups in total. The van der Waals surface area contributed by atoms with E-state index < -0.39 is 0 Å². The molecule has 0 aliphatic carbocycles. The van der Waals surface area contributed by atoms with Gasteiger partial charge in [0.1, 0.15) is 0 Å². The first-order chi connectivity index (χ1) is 6.18. The van der Waals surface area contributed by atoms with Crippen LogP contribution in [0.15, 0.2) is 23.3 Å². The molecule has 4 heteroatoms. The summed E-state index contributed by atoms with van der Waals surface area (Å²) < 4.78 is 0. The first kappa shape index (κ1) is 8.26. The Balaban J connectivity index is 3.03. The molecule has 3 nitrogen and oxygen atoms in total. The van der Waals surface area contributed by atoms with Gasteiger partial charge in [0.05, 0.1) is 22.3 Å². The van der Waals surface area contributed by atoms with Crippen molar-refractivity contribution in [3.63, 3.8) is 0 Å². The molecule has 0 unspecified atom stereocenters. The number of nitrogens with one attached hydrogen (secondary N) is 1. The van der Waals surface area contributed by atoms with Crippen LogP contribution < -0.4 is 5.56 Å². The fraction of sp³-hybridized carbons (Fsp3) is 0.111. The summed E-state index contributed by atoms with van der Waals surface area (Å²) in [6, 6.07) is 3.56. The summed E-state index contributed by atoms with van der Waals surface area (Å²) in [6.45, 7) is 1.89. The van der Waals surface area contributed by atoms with Crippen LogP contribution in [0.4, 0.5) is 0 Å². The molecule has 1 aromatic carbocycles. The Hall–Kier alpha value is -1.35. The summed E-state index contributed by atoms with van der Waals surface area (Å²) >= 11 is 5.92. The van der Waals surface area contributed by atoms with Crippen molar-refractivity contribution in [3.8, 4) is 0 Å². The van der Waals surface area contributed by atoms with E-state index in [9.17, 15) is 4.79 Å². The van der Waals surface area contributed by atoms with Crippen molar-refractivity contribution in [1.82, 2.24) is 9.97 Å². The van der Waals surface area contributed by atoms with E-state index in [4.69, 9.17) is 11.6 Å².